The van der Waals surface area contributed by atoms with Crippen molar-refractivity contribution in [3.05, 3.63) is 0 Å². The summed E-state index contributed by atoms with van der Waals surface area (Å²) in [6.45, 7) is 1.27. The van der Waals surface area contributed by atoms with Gasteiger partial charge in [-0.15, -0.1) is 0 Å². The van der Waals surface area contributed by atoms with Crippen LogP contribution in [-0.2, 0) is 4.79 Å². The van der Waals surface area contributed by atoms with Crippen LogP contribution in [0.25, 0.3) is 0 Å². The van der Waals surface area contributed by atoms with Crippen molar-refractivity contribution in [2.45, 2.75) is 25.0 Å². The van der Waals surface area contributed by atoms with Gasteiger partial charge in [-0.1, -0.05) is 0 Å². The first-order valence-electron chi connectivity index (χ1n) is 7.17. The minimum Gasteiger partial charge on any atom is -0.390 e. The molecule has 0 aromatic carbocycles. The Labute approximate surface area is 127 Å². The van der Waals surface area contributed by atoms with Crippen LogP contribution in [0.4, 0.5) is 0 Å². The van der Waals surface area contributed by atoms with Crippen molar-refractivity contribution in [1.82, 2.24) is 20.9 Å². The molecule has 0 saturated heterocycles. The smallest absolute Gasteiger partial charge is 0.237 e. The highest BCUT2D eigenvalue weighted by molar-refractivity contribution is 5.81. The molecule has 8 heteroatoms. The van der Waals surface area contributed by atoms with Gasteiger partial charge < -0.3 is 31.7 Å². The molecule has 1 amide bonds. The normalized spacial score (nSPS) is 14.6. The number of nitrogens with two attached hydrogens (primary N) is 1. The van der Waals surface area contributed by atoms with Gasteiger partial charge in [0, 0.05) is 33.7 Å². The average Bonchev–Trinajstić information content (AvgIpc) is 2.44. The van der Waals surface area contributed by atoms with E-state index >= 15 is 0 Å². The van der Waals surface area contributed by atoms with Crippen LogP contribution in [0, 0.1) is 0 Å². The Morgan fingerprint density at radius 1 is 1.33 bits per heavy atom. The topological polar surface area (TPSA) is 115 Å². The molecule has 0 saturated carbocycles. The van der Waals surface area contributed by atoms with Crippen molar-refractivity contribution >= 4 is 11.9 Å². The van der Waals surface area contributed by atoms with E-state index in [-0.39, 0.29) is 18.5 Å². The summed E-state index contributed by atoms with van der Waals surface area (Å²) in [7, 11) is 7.16. The second kappa shape index (κ2) is 11.3. The zero-order valence-electron chi connectivity index (χ0n) is 13.5. The van der Waals surface area contributed by atoms with E-state index in [0.717, 1.165) is 6.42 Å². The Morgan fingerprint density at radius 2 is 2.00 bits per heavy atom. The molecule has 124 valence electrons. The van der Waals surface area contributed by atoms with Crippen LogP contribution in [0.2, 0.25) is 0 Å². The molecule has 0 aliphatic heterocycles. The lowest BCUT2D eigenvalue weighted by molar-refractivity contribution is -0.123. The molecule has 2 atom stereocenters. The fourth-order valence-corrected chi connectivity index (χ4v) is 1.69. The quantitative estimate of drug-likeness (QED) is 0.180. The SMILES string of the molecule is CNCC(O)CNC(=O)[C@H](CCCN=C(N)N(C)C)NC. The van der Waals surface area contributed by atoms with Gasteiger partial charge in [0.05, 0.1) is 12.1 Å². The van der Waals surface area contributed by atoms with E-state index in [1.54, 1.807) is 19.0 Å². The Morgan fingerprint density at radius 3 is 2.52 bits per heavy atom. The Balaban J connectivity index is 4.03. The lowest BCUT2D eigenvalue weighted by Gasteiger charge is -2.17. The number of hydrogen-bond donors (Lipinski definition) is 5. The first-order chi connectivity index (χ1) is 9.92. The lowest BCUT2D eigenvalue weighted by Crippen LogP contribution is -2.46. The minimum absolute atomic E-state index is 0.114. The van der Waals surface area contributed by atoms with Crippen molar-refractivity contribution in [1.29, 1.82) is 0 Å². The molecule has 0 fully saturated rings. The van der Waals surface area contributed by atoms with E-state index in [1.165, 1.54) is 0 Å². The molecule has 0 aromatic rings. The highest BCUT2D eigenvalue weighted by atomic mass is 16.3. The van der Waals surface area contributed by atoms with E-state index in [9.17, 15) is 9.90 Å². The van der Waals surface area contributed by atoms with Crippen molar-refractivity contribution < 1.29 is 9.90 Å². The molecular weight excluding hydrogens is 272 g/mol. The number of carbonyl (C=O) groups excluding carboxylic acids is 1. The van der Waals surface area contributed by atoms with Crippen molar-refractivity contribution in [2.24, 2.45) is 10.7 Å². The number of aliphatic hydroxyl groups is 1. The van der Waals surface area contributed by atoms with E-state index in [4.69, 9.17) is 5.73 Å². The first kappa shape index (κ1) is 19.6. The minimum atomic E-state index is -0.582. The van der Waals surface area contributed by atoms with Gasteiger partial charge in [-0.3, -0.25) is 9.79 Å². The summed E-state index contributed by atoms with van der Waals surface area (Å²) in [5.41, 5.74) is 5.68. The molecule has 0 radical (unpaired) electrons. The van der Waals surface area contributed by atoms with Gasteiger partial charge in [-0.2, -0.15) is 0 Å². The summed E-state index contributed by atoms with van der Waals surface area (Å²) >= 11 is 0. The molecule has 0 aromatic heterocycles. The number of aliphatic hydroxyl groups excluding tert-OH is 1. The predicted octanol–water partition coefficient (Wildman–Crippen LogP) is -2.07. The maximum absolute atomic E-state index is 11.9. The number of carbonyl (C=O) groups is 1. The number of nitrogens with zero attached hydrogens (tertiary/aromatic N) is 2. The Kier molecular flexibility index (Phi) is 10.6. The summed E-state index contributed by atoms with van der Waals surface area (Å²) in [5, 5.41) is 18.1. The maximum Gasteiger partial charge on any atom is 0.237 e. The van der Waals surface area contributed by atoms with Gasteiger partial charge in [-0.25, -0.2) is 0 Å². The first-order valence-corrected chi connectivity index (χ1v) is 7.17. The number of likely N-dealkylation sites (N-methyl/N-ethyl adjacent to an activating group) is 2. The van der Waals surface area contributed by atoms with Crippen LogP contribution in [0.15, 0.2) is 4.99 Å². The van der Waals surface area contributed by atoms with E-state index in [1.807, 2.05) is 14.1 Å². The molecule has 6 N–H and O–H groups in total. The predicted molar refractivity (Wildman–Crippen MR) is 85.2 cm³/mol. The molecule has 0 spiro atoms. The zero-order valence-corrected chi connectivity index (χ0v) is 13.5. The van der Waals surface area contributed by atoms with Crippen molar-refractivity contribution in [3.63, 3.8) is 0 Å². The standard InChI is InChI=1S/C13H30N6O2/c1-15-8-10(20)9-18-12(21)11(16-2)6-5-7-17-13(14)19(3)4/h10-11,15-16,20H,5-9H2,1-4H3,(H2,14,17)(H,18,21)/t10?,11-/m0/s1. The van der Waals surface area contributed by atoms with Crippen LogP contribution < -0.4 is 21.7 Å². The number of amides is 1. The second-order valence-electron chi connectivity index (χ2n) is 5.07. The van der Waals surface area contributed by atoms with Crippen LogP contribution in [0.1, 0.15) is 12.8 Å². The summed E-state index contributed by atoms with van der Waals surface area (Å²) in [5.74, 6) is 0.368. The molecule has 0 aliphatic rings. The van der Waals surface area contributed by atoms with E-state index < -0.39 is 6.10 Å². The zero-order chi connectivity index (χ0) is 16.3. The highest BCUT2D eigenvalue weighted by Gasteiger charge is 2.16. The lowest BCUT2D eigenvalue weighted by atomic mass is 10.1. The molecule has 0 rings (SSSR count). The number of rotatable bonds is 10. The van der Waals surface area contributed by atoms with Gasteiger partial charge in [0.15, 0.2) is 5.96 Å². The van der Waals surface area contributed by atoms with E-state index in [0.29, 0.717) is 25.5 Å². The molecule has 0 aliphatic carbocycles. The van der Waals surface area contributed by atoms with Gasteiger partial charge in [0.1, 0.15) is 0 Å². The fourth-order valence-electron chi connectivity index (χ4n) is 1.69. The van der Waals surface area contributed by atoms with Crippen LogP contribution >= 0.6 is 0 Å². The van der Waals surface area contributed by atoms with Gasteiger partial charge in [0.25, 0.3) is 0 Å². The van der Waals surface area contributed by atoms with Crippen molar-refractivity contribution in [3.8, 4) is 0 Å². The maximum atomic E-state index is 11.9. The van der Waals surface area contributed by atoms with Crippen LogP contribution in [-0.4, -0.2) is 81.8 Å². The van der Waals surface area contributed by atoms with E-state index in [2.05, 4.69) is 20.9 Å². The van der Waals surface area contributed by atoms with Crippen molar-refractivity contribution in [2.75, 3.05) is 47.8 Å². The van der Waals surface area contributed by atoms with Crippen LogP contribution in [0.3, 0.4) is 0 Å². The number of guanidine groups is 1. The van der Waals surface area contributed by atoms with Gasteiger partial charge in [-0.05, 0) is 26.9 Å². The molecule has 1 unspecified atom stereocenters. The molecule has 8 nitrogen and oxygen atoms in total. The second-order valence-corrected chi connectivity index (χ2v) is 5.07. The Bertz CT molecular complexity index is 322. The van der Waals surface area contributed by atoms with Crippen LogP contribution in [0.5, 0.6) is 0 Å². The van der Waals surface area contributed by atoms with Gasteiger partial charge >= 0.3 is 0 Å². The molecule has 0 bridgehead atoms. The molecular formula is C13H30N6O2. The summed E-state index contributed by atoms with van der Waals surface area (Å²) in [6, 6.07) is -0.289. The Hall–Kier alpha value is -1.38. The average molecular weight is 302 g/mol. The summed E-state index contributed by atoms with van der Waals surface area (Å²) < 4.78 is 0. The summed E-state index contributed by atoms with van der Waals surface area (Å²) in [6.07, 6.45) is 0.835. The molecule has 21 heavy (non-hydrogen) atoms. The summed E-state index contributed by atoms with van der Waals surface area (Å²) in [4.78, 5) is 17.9. The number of aliphatic imine (C=N–C) groups is 1. The highest BCUT2D eigenvalue weighted by Crippen LogP contribution is 1.98. The third-order valence-electron chi connectivity index (χ3n) is 3.00. The van der Waals surface area contributed by atoms with Gasteiger partial charge in [0.2, 0.25) is 5.91 Å². The number of hydrogen-bond acceptors (Lipinski definition) is 5. The fraction of sp³-hybridized carbons (Fsp3) is 0.846. The largest absolute Gasteiger partial charge is 0.390 e. The third kappa shape index (κ3) is 9.22. The monoisotopic (exact) mass is 302 g/mol. The number of nitrogens with one attached hydrogen (secondary N) is 3. The third-order valence-corrected chi connectivity index (χ3v) is 3.00. The molecule has 0 heterocycles.